The fourth-order valence-electron chi connectivity index (χ4n) is 3.46. The van der Waals surface area contributed by atoms with E-state index in [-0.39, 0.29) is 5.56 Å². The van der Waals surface area contributed by atoms with Gasteiger partial charge in [0.05, 0.1) is 23.6 Å². The standard InChI is InChI=1S/C18H22N2.C7H7NO2/c1-2-3-13-19-15-20(14-16-9-5-4-6-10-16)18-12-8-7-11-17(18)19;8-6-3-1-5(2-4-6)7(9)10/h4-12H,2-3,13-15H2,1H3;1-4H,8H2,(H,9,10). The average molecular weight is 404 g/mol. The molecule has 5 heteroatoms. The van der Waals surface area contributed by atoms with Crippen LogP contribution in [0.2, 0.25) is 0 Å². The summed E-state index contributed by atoms with van der Waals surface area (Å²) in [6, 6.07) is 25.5. The minimum absolute atomic E-state index is 0.259. The Hall–Kier alpha value is -3.47. The molecule has 156 valence electrons. The molecule has 0 saturated heterocycles. The number of nitrogen functional groups attached to an aromatic ring is 1. The average Bonchev–Trinajstić information content (AvgIpc) is 3.11. The molecule has 0 spiro atoms. The molecule has 0 radical (unpaired) electrons. The summed E-state index contributed by atoms with van der Waals surface area (Å²) in [6.07, 6.45) is 2.50. The molecule has 0 aromatic heterocycles. The largest absolute Gasteiger partial charge is 0.478 e. The van der Waals surface area contributed by atoms with Crippen LogP contribution in [0.25, 0.3) is 0 Å². The summed E-state index contributed by atoms with van der Waals surface area (Å²) in [5.74, 6) is -0.931. The summed E-state index contributed by atoms with van der Waals surface area (Å²) in [5.41, 5.74) is 10.3. The smallest absolute Gasteiger partial charge is 0.335 e. The Balaban J connectivity index is 0.000000216. The van der Waals surface area contributed by atoms with E-state index in [1.165, 1.54) is 41.9 Å². The van der Waals surface area contributed by atoms with Crippen LogP contribution in [0.3, 0.4) is 0 Å². The van der Waals surface area contributed by atoms with Crippen molar-refractivity contribution in [1.29, 1.82) is 0 Å². The van der Waals surface area contributed by atoms with Crippen LogP contribution in [0.15, 0.2) is 78.9 Å². The van der Waals surface area contributed by atoms with Gasteiger partial charge in [-0.15, -0.1) is 0 Å². The molecule has 0 aliphatic carbocycles. The number of carboxylic acids is 1. The van der Waals surface area contributed by atoms with Crippen molar-refractivity contribution in [2.75, 3.05) is 28.7 Å². The van der Waals surface area contributed by atoms with Gasteiger partial charge in [-0.05, 0) is 48.4 Å². The first-order chi connectivity index (χ1) is 14.6. The molecule has 0 bridgehead atoms. The van der Waals surface area contributed by atoms with Gasteiger partial charge in [-0.1, -0.05) is 55.8 Å². The Kier molecular flexibility index (Phi) is 7.33. The molecule has 0 unspecified atom stereocenters. The van der Waals surface area contributed by atoms with Gasteiger partial charge in [-0.2, -0.15) is 0 Å². The number of unbranched alkanes of at least 4 members (excludes halogenated alkanes) is 1. The molecule has 1 aliphatic heterocycles. The highest BCUT2D eigenvalue weighted by atomic mass is 16.4. The van der Waals surface area contributed by atoms with Crippen molar-refractivity contribution in [2.45, 2.75) is 26.3 Å². The van der Waals surface area contributed by atoms with Crippen molar-refractivity contribution in [1.82, 2.24) is 0 Å². The minimum Gasteiger partial charge on any atom is -0.478 e. The molecular weight excluding hydrogens is 374 g/mol. The normalized spacial score (nSPS) is 12.2. The number of aromatic carboxylic acids is 1. The summed E-state index contributed by atoms with van der Waals surface area (Å²) in [4.78, 5) is 15.2. The molecule has 1 heterocycles. The van der Waals surface area contributed by atoms with E-state index >= 15 is 0 Å². The van der Waals surface area contributed by atoms with Crippen LogP contribution in [-0.2, 0) is 6.54 Å². The maximum absolute atomic E-state index is 10.3. The lowest BCUT2D eigenvalue weighted by molar-refractivity contribution is 0.0697. The Morgan fingerprint density at radius 3 is 2.10 bits per heavy atom. The molecule has 3 aromatic rings. The van der Waals surface area contributed by atoms with Crippen LogP contribution in [-0.4, -0.2) is 24.3 Å². The van der Waals surface area contributed by atoms with E-state index in [0.717, 1.165) is 19.8 Å². The van der Waals surface area contributed by atoms with Crippen molar-refractivity contribution >= 4 is 23.0 Å². The van der Waals surface area contributed by atoms with E-state index in [2.05, 4.69) is 71.3 Å². The molecule has 30 heavy (non-hydrogen) atoms. The highest BCUT2D eigenvalue weighted by Gasteiger charge is 2.24. The van der Waals surface area contributed by atoms with Crippen LogP contribution in [0, 0.1) is 0 Å². The zero-order valence-electron chi connectivity index (χ0n) is 17.4. The van der Waals surface area contributed by atoms with E-state index in [0.29, 0.717) is 5.69 Å². The molecular formula is C25H29N3O2. The Labute approximate surface area is 178 Å². The van der Waals surface area contributed by atoms with Crippen molar-refractivity contribution < 1.29 is 9.90 Å². The lowest BCUT2D eigenvalue weighted by atomic mass is 10.2. The SMILES string of the molecule is CCCCN1CN(Cc2ccccc2)c2ccccc21.Nc1ccc(C(=O)O)cc1. The lowest BCUT2D eigenvalue weighted by Crippen LogP contribution is -2.31. The number of para-hydroxylation sites is 2. The molecule has 0 fully saturated rings. The zero-order valence-corrected chi connectivity index (χ0v) is 17.4. The number of nitrogens with zero attached hydrogens (tertiary/aromatic N) is 2. The predicted octanol–water partition coefficient (Wildman–Crippen LogP) is 5.24. The number of carboxylic acid groups (broad SMARTS) is 1. The second kappa shape index (κ2) is 10.3. The summed E-state index contributed by atoms with van der Waals surface area (Å²) >= 11 is 0. The number of carbonyl (C=O) groups is 1. The van der Waals surface area contributed by atoms with E-state index in [1.54, 1.807) is 12.1 Å². The third-order valence-electron chi connectivity index (χ3n) is 5.06. The monoisotopic (exact) mass is 403 g/mol. The van der Waals surface area contributed by atoms with Crippen molar-refractivity contribution in [3.8, 4) is 0 Å². The van der Waals surface area contributed by atoms with Crippen molar-refractivity contribution in [3.63, 3.8) is 0 Å². The van der Waals surface area contributed by atoms with E-state index < -0.39 is 5.97 Å². The molecule has 3 N–H and O–H groups in total. The first-order valence-corrected chi connectivity index (χ1v) is 10.3. The van der Waals surface area contributed by atoms with Crippen LogP contribution in [0.4, 0.5) is 17.1 Å². The van der Waals surface area contributed by atoms with E-state index in [9.17, 15) is 4.79 Å². The maximum atomic E-state index is 10.3. The Morgan fingerprint density at radius 1 is 0.900 bits per heavy atom. The van der Waals surface area contributed by atoms with Gasteiger partial charge in [0.15, 0.2) is 0 Å². The summed E-state index contributed by atoms with van der Waals surface area (Å²) in [7, 11) is 0. The molecule has 5 nitrogen and oxygen atoms in total. The number of anilines is 3. The van der Waals surface area contributed by atoms with Crippen molar-refractivity contribution in [3.05, 3.63) is 90.0 Å². The number of hydrogen-bond acceptors (Lipinski definition) is 4. The van der Waals surface area contributed by atoms with Gasteiger partial charge in [0.1, 0.15) is 0 Å². The third-order valence-corrected chi connectivity index (χ3v) is 5.06. The molecule has 0 atom stereocenters. The summed E-state index contributed by atoms with van der Waals surface area (Å²) < 4.78 is 0. The topological polar surface area (TPSA) is 69.8 Å². The van der Waals surface area contributed by atoms with Gasteiger partial charge >= 0.3 is 5.97 Å². The second-order valence-electron chi connectivity index (χ2n) is 7.36. The first-order valence-electron chi connectivity index (χ1n) is 10.3. The van der Waals surface area contributed by atoms with Gasteiger partial charge in [0.2, 0.25) is 0 Å². The highest BCUT2D eigenvalue weighted by molar-refractivity contribution is 5.87. The van der Waals surface area contributed by atoms with E-state index in [4.69, 9.17) is 10.8 Å². The number of nitrogens with two attached hydrogens (primary N) is 1. The summed E-state index contributed by atoms with van der Waals surface area (Å²) in [6.45, 7) is 5.40. The van der Waals surface area contributed by atoms with Gasteiger partial charge in [-0.25, -0.2) is 4.79 Å². The van der Waals surface area contributed by atoms with Gasteiger partial charge < -0.3 is 20.6 Å². The van der Waals surface area contributed by atoms with Crippen LogP contribution >= 0.6 is 0 Å². The van der Waals surface area contributed by atoms with Gasteiger partial charge in [-0.3, -0.25) is 0 Å². The molecule has 1 aliphatic rings. The second-order valence-corrected chi connectivity index (χ2v) is 7.36. The number of benzene rings is 3. The van der Waals surface area contributed by atoms with Crippen LogP contribution in [0.1, 0.15) is 35.7 Å². The Bertz CT molecular complexity index is 942. The molecule has 4 rings (SSSR count). The Morgan fingerprint density at radius 2 is 1.50 bits per heavy atom. The van der Waals surface area contributed by atoms with Crippen molar-refractivity contribution in [2.24, 2.45) is 0 Å². The number of rotatable bonds is 6. The highest BCUT2D eigenvalue weighted by Crippen LogP contribution is 2.36. The van der Waals surface area contributed by atoms with Crippen LogP contribution < -0.4 is 15.5 Å². The first kappa shape index (κ1) is 21.2. The predicted molar refractivity (Wildman–Crippen MR) is 124 cm³/mol. The van der Waals surface area contributed by atoms with Gasteiger partial charge in [0, 0.05) is 18.8 Å². The third kappa shape index (κ3) is 5.54. The fraction of sp³-hybridized carbons (Fsp3) is 0.240. The molecule has 0 saturated carbocycles. The van der Waals surface area contributed by atoms with E-state index in [1.807, 2.05) is 0 Å². The fourth-order valence-corrected chi connectivity index (χ4v) is 3.46. The maximum Gasteiger partial charge on any atom is 0.335 e. The zero-order chi connectivity index (χ0) is 21.3. The minimum atomic E-state index is -0.931. The quantitative estimate of drug-likeness (QED) is 0.551. The van der Waals surface area contributed by atoms with Gasteiger partial charge in [0.25, 0.3) is 0 Å². The molecule has 3 aromatic carbocycles. The number of fused-ring (bicyclic) bond motifs is 1. The molecule has 0 amide bonds. The number of hydrogen-bond donors (Lipinski definition) is 2. The lowest BCUT2D eigenvalue weighted by Gasteiger charge is -2.21. The summed E-state index contributed by atoms with van der Waals surface area (Å²) in [5, 5.41) is 8.43. The van der Waals surface area contributed by atoms with Crippen LogP contribution in [0.5, 0.6) is 0 Å².